The average Bonchev–Trinajstić information content (AvgIpc) is 2.29. The average molecular weight is 234 g/mol. The molecule has 0 bridgehead atoms. The van der Waals surface area contributed by atoms with Gasteiger partial charge in [0, 0.05) is 0 Å². The maximum absolute atomic E-state index is 11.8. The fraction of sp³-hybridized carbons (Fsp3) is 0.500. The highest BCUT2D eigenvalue weighted by molar-refractivity contribution is 5.81. The molecule has 1 amide bonds. The van der Waals surface area contributed by atoms with Crippen molar-refractivity contribution in [1.29, 1.82) is 0 Å². The minimum absolute atomic E-state index is 0.00177. The van der Waals surface area contributed by atoms with E-state index in [0.29, 0.717) is 12.3 Å². The molecule has 1 aromatic carbocycles. The lowest BCUT2D eigenvalue weighted by atomic mass is 10.0. The topological polar surface area (TPSA) is 55.1 Å². The standard InChI is InChI=1S/C14H22N2O/c1-10(2)9-13(15)14(17)16-11(3)12-7-5-4-6-8-12/h4-8,10-11,13H,9,15H2,1-3H3,(H,16,17)/t11?,13-/m0/s1. The molecule has 0 radical (unpaired) electrons. The van der Waals surface area contributed by atoms with Crippen LogP contribution in [0.5, 0.6) is 0 Å². The number of amides is 1. The van der Waals surface area contributed by atoms with Gasteiger partial charge in [0.1, 0.15) is 0 Å². The molecule has 1 aromatic rings. The Morgan fingerprint density at radius 3 is 2.35 bits per heavy atom. The molecule has 0 heterocycles. The summed E-state index contributed by atoms with van der Waals surface area (Å²) >= 11 is 0. The number of carbonyl (C=O) groups excluding carboxylic acids is 1. The Balaban J connectivity index is 2.51. The van der Waals surface area contributed by atoms with E-state index in [-0.39, 0.29) is 11.9 Å². The molecule has 17 heavy (non-hydrogen) atoms. The number of nitrogens with two attached hydrogens (primary N) is 1. The number of hydrogen-bond donors (Lipinski definition) is 2. The van der Waals surface area contributed by atoms with Gasteiger partial charge in [-0.05, 0) is 24.8 Å². The molecule has 0 aliphatic heterocycles. The molecular formula is C14H22N2O. The lowest BCUT2D eigenvalue weighted by Crippen LogP contribution is -2.42. The van der Waals surface area contributed by atoms with Crippen LogP contribution in [0.1, 0.15) is 38.8 Å². The van der Waals surface area contributed by atoms with Crippen molar-refractivity contribution in [2.24, 2.45) is 11.7 Å². The van der Waals surface area contributed by atoms with Gasteiger partial charge in [-0.25, -0.2) is 0 Å². The Labute approximate surface area is 103 Å². The largest absolute Gasteiger partial charge is 0.348 e. The summed E-state index contributed by atoms with van der Waals surface area (Å²) in [5.41, 5.74) is 6.93. The summed E-state index contributed by atoms with van der Waals surface area (Å²) in [4.78, 5) is 11.8. The first-order valence-corrected chi connectivity index (χ1v) is 6.11. The van der Waals surface area contributed by atoms with Crippen molar-refractivity contribution in [3.05, 3.63) is 35.9 Å². The van der Waals surface area contributed by atoms with E-state index in [1.54, 1.807) is 0 Å². The van der Waals surface area contributed by atoms with Crippen molar-refractivity contribution in [3.63, 3.8) is 0 Å². The second-order valence-electron chi connectivity index (χ2n) is 4.88. The van der Waals surface area contributed by atoms with Crippen LogP contribution in [0, 0.1) is 5.92 Å². The monoisotopic (exact) mass is 234 g/mol. The maximum Gasteiger partial charge on any atom is 0.237 e. The quantitative estimate of drug-likeness (QED) is 0.821. The van der Waals surface area contributed by atoms with Crippen LogP contribution >= 0.6 is 0 Å². The van der Waals surface area contributed by atoms with Gasteiger partial charge in [-0.2, -0.15) is 0 Å². The van der Waals surface area contributed by atoms with Gasteiger partial charge in [0.2, 0.25) is 5.91 Å². The number of rotatable bonds is 5. The molecule has 3 N–H and O–H groups in total. The van der Waals surface area contributed by atoms with Crippen molar-refractivity contribution in [2.75, 3.05) is 0 Å². The molecule has 0 aliphatic rings. The Morgan fingerprint density at radius 1 is 1.24 bits per heavy atom. The number of nitrogens with one attached hydrogen (secondary N) is 1. The second kappa shape index (κ2) is 6.40. The van der Waals surface area contributed by atoms with Gasteiger partial charge in [0.25, 0.3) is 0 Å². The SMILES string of the molecule is CC(C)C[C@H](N)C(=O)NC(C)c1ccccc1. The zero-order chi connectivity index (χ0) is 12.8. The van der Waals surface area contributed by atoms with E-state index in [9.17, 15) is 4.79 Å². The molecule has 3 nitrogen and oxygen atoms in total. The van der Waals surface area contributed by atoms with Crippen LogP contribution in [0.25, 0.3) is 0 Å². The van der Waals surface area contributed by atoms with Crippen molar-refractivity contribution >= 4 is 5.91 Å². The molecule has 0 saturated carbocycles. The third kappa shape index (κ3) is 4.57. The molecule has 94 valence electrons. The van der Waals surface area contributed by atoms with Gasteiger partial charge in [0.15, 0.2) is 0 Å². The summed E-state index contributed by atoms with van der Waals surface area (Å²) in [7, 11) is 0. The molecule has 1 rings (SSSR count). The van der Waals surface area contributed by atoms with Gasteiger partial charge in [-0.1, -0.05) is 44.2 Å². The van der Waals surface area contributed by atoms with E-state index < -0.39 is 6.04 Å². The van der Waals surface area contributed by atoms with Crippen molar-refractivity contribution in [1.82, 2.24) is 5.32 Å². The smallest absolute Gasteiger partial charge is 0.237 e. The minimum Gasteiger partial charge on any atom is -0.348 e. The summed E-state index contributed by atoms with van der Waals surface area (Å²) in [5, 5.41) is 2.94. The van der Waals surface area contributed by atoms with E-state index in [1.165, 1.54) is 0 Å². The van der Waals surface area contributed by atoms with Gasteiger partial charge in [-0.15, -0.1) is 0 Å². The van der Waals surface area contributed by atoms with Gasteiger partial charge < -0.3 is 11.1 Å². The van der Waals surface area contributed by atoms with E-state index in [0.717, 1.165) is 5.56 Å². The Hall–Kier alpha value is -1.35. The van der Waals surface area contributed by atoms with E-state index in [1.807, 2.05) is 37.3 Å². The van der Waals surface area contributed by atoms with Crippen molar-refractivity contribution in [3.8, 4) is 0 Å². The molecule has 0 aliphatic carbocycles. The number of hydrogen-bond acceptors (Lipinski definition) is 2. The summed E-state index contributed by atoms with van der Waals surface area (Å²) in [6.45, 7) is 6.09. The van der Waals surface area contributed by atoms with Crippen molar-refractivity contribution < 1.29 is 4.79 Å². The molecule has 0 fully saturated rings. The summed E-state index contributed by atoms with van der Waals surface area (Å²) in [5.74, 6) is 0.359. The highest BCUT2D eigenvalue weighted by Gasteiger charge is 2.17. The van der Waals surface area contributed by atoms with Crippen LogP contribution < -0.4 is 11.1 Å². The normalized spacial score (nSPS) is 14.4. The van der Waals surface area contributed by atoms with Crippen LogP contribution in [0.3, 0.4) is 0 Å². The Bertz CT molecular complexity index is 348. The summed E-state index contributed by atoms with van der Waals surface area (Å²) in [6.07, 6.45) is 0.716. The van der Waals surface area contributed by atoms with E-state index in [2.05, 4.69) is 19.2 Å². The molecule has 1 unspecified atom stereocenters. The number of carbonyl (C=O) groups is 1. The zero-order valence-corrected chi connectivity index (χ0v) is 10.8. The predicted molar refractivity (Wildman–Crippen MR) is 70.4 cm³/mol. The van der Waals surface area contributed by atoms with Crippen LogP contribution in [0.2, 0.25) is 0 Å². The van der Waals surface area contributed by atoms with E-state index >= 15 is 0 Å². The Kier molecular flexibility index (Phi) is 5.16. The lowest BCUT2D eigenvalue weighted by molar-refractivity contribution is -0.123. The van der Waals surface area contributed by atoms with Gasteiger partial charge in [0.05, 0.1) is 12.1 Å². The number of benzene rings is 1. The van der Waals surface area contributed by atoms with Crippen LogP contribution in [-0.4, -0.2) is 11.9 Å². The van der Waals surface area contributed by atoms with E-state index in [4.69, 9.17) is 5.73 Å². The van der Waals surface area contributed by atoms with Crippen LogP contribution in [0.15, 0.2) is 30.3 Å². The third-order valence-electron chi connectivity index (χ3n) is 2.72. The minimum atomic E-state index is -0.416. The first-order chi connectivity index (χ1) is 8.00. The maximum atomic E-state index is 11.8. The van der Waals surface area contributed by atoms with Crippen molar-refractivity contribution in [2.45, 2.75) is 39.3 Å². The molecule has 3 heteroatoms. The highest BCUT2D eigenvalue weighted by Crippen LogP contribution is 2.12. The molecule has 2 atom stereocenters. The summed E-state index contributed by atoms with van der Waals surface area (Å²) < 4.78 is 0. The first-order valence-electron chi connectivity index (χ1n) is 6.11. The molecule has 0 saturated heterocycles. The van der Waals surface area contributed by atoms with Gasteiger partial charge >= 0.3 is 0 Å². The highest BCUT2D eigenvalue weighted by atomic mass is 16.2. The zero-order valence-electron chi connectivity index (χ0n) is 10.8. The third-order valence-corrected chi connectivity index (χ3v) is 2.72. The summed E-state index contributed by atoms with van der Waals surface area (Å²) in [6, 6.07) is 9.47. The fourth-order valence-electron chi connectivity index (χ4n) is 1.76. The lowest BCUT2D eigenvalue weighted by Gasteiger charge is -2.18. The van der Waals surface area contributed by atoms with Crippen LogP contribution in [0.4, 0.5) is 0 Å². The second-order valence-corrected chi connectivity index (χ2v) is 4.88. The fourth-order valence-corrected chi connectivity index (χ4v) is 1.76. The van der Waals surface area contributed by atoms with Crippen LogP contribution in [-0.2, 0) is 4.79 Å². The van der Waals surface area contributed by atoms with Gasteiger partial charge in [-0.3, -0.25) is 4.79 Å². The Morgan fingerprint density at radius 2 is 1.82 bits per heavy atom. The molecule has 0 aromatic heterocycles. The molecule has 0 spiro atoms. The molecular weight excluding hydrogens is 212 g/mol. The first kappa shape index (κ1) is 13.7. The predicted octanol–water partition coefficient (Wildman–Crippen LogP) is 2.24.